The van der Waals surface area contributed by atoms with Crippen molar-refractivity contribution in [3.8, 4) is 0 Å². The van der Waals surface area contributed by atoms with Gasteiger partial charge in [-0.15, -0.1) is 0 Å². The van der Waals surface area contributed by atoms with Crippen molar-refractivity contribution in [3.05, 3.63) is 41.8 Å². The SMILES string of the molecule is Cn1ccc(Nc2ccc(C(N)=S)c(F)c2)n1. The Hall–Kier alpha value is -1.95. The Morgan fingerprint density at radius 1 is 1.47 bits per heavy atom. The maximum absolute atomic E-state index is 13.6. The van der Waals surface area contributed by atoms with Crippen molar-refractivity contribution in [3.63, 3.8) is 0 Å². The summed E-state index contributed by atoms with van der Waals surface area (Å²) >= 11 is 4.73. The van der Waals surface area contributed by atoms with Crippen LogP contribution in [0.1, 0.15) is 5.56 Å². The second kappa shape index (κ2) is 4.50. The van der Waals surface area contributed by atoms with E-state index in [0.29, 0.717) is 11.5 Å². The number of hydrogen-bond donors (Lipinski definition) is 2. The average Bonchev–Trinajstić information content (AvgIpc) is 2.63. The number of nitrogens with zero attached hydrogens (tertiary/aromatic N) is 2. The largest absolute Gasteiger partial charge is 0.389 e. The first-order valence-electron chi connectivity index (χ1n) is 4.92. The molecule has 6 heteroatoms. The summed E-state index contributed by atoms with van der Waals surface area (Å²) in [5.41, 5.74) is 6.22. The summed E-state index contributed by atoms with van der Waals surface area (Å²) in [4.78, 5) is 0.0480. The molecule has 1 heterocycles. The molecule has 2 rings (SSSR count). The molecule has 0 saturated carbocycles. The summed E-state index contributed by atoms with van der Waals surface area (Å²) in [6, 6.07) is 6.37. The van der Waals surface area contributed by atoms with Crippen LogP contribution in [0.4, 0.5) is 15.9 Å². The highest BCUT2D eigenvalue weighted by Gasteiger charge is 2.06. The quantitative estimate of drug-likeness (QED) is 0.817. The maximum atomic E-state index is 13.6. The summed E-state index contributed by atoms with van der Waals surface area (Å²) in [6.45, 7) is 0. The number of aryl methyl sites for hydroxylation is 1. The predicted octanol–water partition coefficient (Wildman–Crippen LogP) is 1.94. The van der Waals surface area contributed by atoms with E-state index in [1.165, 1.54) is 6.07 Å². The summed E-state index contributed by atoms with van der Waals surface area (Å²) < 4.78 is 15.2. The van der Waals surface area contributed by atoms with Gasteiger partial charge in [0.1, 0.15) is 10.8 Å². The normalized spacial score (nSPS) is 10.2. The Morgan fingerprint density at radius 2 is 2.24 bits per heavy atom. The van der Waals surface area contributed by atoms with Crippen molar-refractivity contribution < 1.29 is 4.39 Å². The van der Waals surface area contributed by atoms with Gasteiger partial charge < -0.3 is 11.1 Å². The Kier molecular flexibility index (Phi) is 3.06. The topological polar surface area (TPSA) is 55.9 Å². The van der Waals surface area contributed by atoms with Gasteiger partial charge in [0.05, 0.1) is 0 Å². The molecule has 17 heavy (non-hydrogen) atoms. The first-order chi connectivity index (χ1) is 8.06. The number of anilines is 2. The van der Waals surface area contributed by atoms with Gasteiger partial charge in [-0.25, -0.2) is 4.39 Å². The van der Waals surface area contributed by atoms with Crippen LogP contribution in [0.15, 0.2) is 30.5 Å². The molecule has 0 bridgehead atoms. The third-order valence-electron chi connectivity index (χ3n) is 2.22. The van der Waals surface area contributed by atoms with E-state index < -0.39 is 5.82 Å². The van der Waals surface area contributed by atoms with Crippen molar-refractivity contribution in [1.82, 2.24) is 9.78 Å². The van der Waals surface area contributed by atoms with E-state index in [-0.39, 0.29) is 10.6 Å². The fourth-order valence-electron chi connectivity index (χ4n) is 1.42. The van der Waals surface area contributed by atoms with Gasteiger partial charge in [-0.2, -0.15) is 5.10 Å². The Bertz CT molecular complexity index is 564. The lowest BCUT2D eigenvalue weighted by molar-refractivity contribution is 0.626. The predicted molar refractivity (Wildman–Crippen MR) is 68.8 cm³/mol. The molecule has 0 aliphatic carbocycles. The number of halogens is 1. The van der Waals surface area contributed by atoms with Crippen molar-refractivity contribution in [2.45, 2.75) is 0 Å². The van der Waals surface area contributed by atoms with Crippen molar-refractivity contribution in [1.29, 1.82) is 0 Å². The minimum Gasteiger partial charge on any atom is -0.389 e. The smallest absolute Gasteiger partial charge is 0.152 e. The summed E-state index contributed by atoms with van der Waals surface area (Å²) in [5, 5.41) is 7.10. The van der Waals surface area contributed by atoms with E-state index in [0.717, 1.165) is 0 Å². The molecule has 0 aliphatic rings. The third kappa shape index (κ3) is 2.59. The van der Waals surface area contributed by atoms with E-state index in [4.69, 9.17) is 18.0 Å². The van der Waals surface area contributed by atoms with Crippen LogP contribution in [0, 0.1) is 5.82 Å². The molecule has 0 radical (unpaired) electrons. The third-order valence-corrected chi connectivity index (χ3v) is 2.44. The maximum Gasteiger partial charge on any atom is 0.152 e. The van der Waals surface area contributed by atoms with Crippen LogP contribution < -0.4 is 11.1 Å². The zero-order chi connectivity index (χ0) is 12.4. The molecule has 88 valence electrons. The van der Waals surface area contributed by atoms with Crippen LogP contribution in [0.3, 0.4) is 0 Å². The molecule has 1 aromatic heterocycles. The number of nitrogens with one attached hydrogen (secondary N) is 1. The van der Waals surface area contributed by atoms with Gasteiger partial charge in [0.15, 0.2) is 5.82 Å². The second-order valence-corrected chi connectivity index (χ2v) is 4.00. The molecule has 3 N–H and O–H groups in total. The first-order valence-corrected chi connectivity index (χ1v) is 5.33. The highest BCUT2D eigenvalue weighted by Crippen LogP contribution is 2.18. The molecule has 0 saturated heterocycles. The van der Waals surface area contributed by atoms with Crippen LogP contribution in [0.25, 0.3) is 0 Å². The van der Waals surface area contributed by atoms with Crippen LogP contribution in [0.5, 0.6) is 0 Å². The fourth-order valence-corrected chi connectivity index (χ4v) is 1.59. The Labute approximate surface area is 103 Å². The molecular formula is C11H11FN4S. The van der Waals surface area contributed by atoms with Crippen molar-refractivity contribution in [2.24, 2.45) is 12.8 Å². The van der Waals surface area contributed by atoms with E-state index in [1.807, 2.05) is 7.05 Å². The first kappa shape index (κ1) is 11.5. The van der Waals surface area contributed by atoms with Crippen molar-refractivity contribution >= 4 is 28.7 Å². The Morgan fingerprint density at radius 3 is 2.76 bits per heavy atom. The van der Waals surface area contributed by atoms with Crippen LogP contribution >= 0.6 is 12.2 Å². The number of nitrogens with two attached hydrogens (primary N) is 1. The minimum absolute atomic E-state index is 0.0480. The molecule has 4 nitrogen and oxygen atoms in total. The van der Waals surface area contributed by atoms with Gasteiger partial charge in [-0.05, 0) is 18.2 Å². The van der Waals surface area contributed by atoms with Gasteiger partial charge in [0.25, 0.3) is 0 Å². The molecule has 2 aromatic rings. The van der Waals surface area contributed by atoms with Crippen molar-refractivity contribution in [2.75, 3.05) is 5.32 Å². The lowest BCUT2D eigenvalue weighted by atomic mass is 10.2. The Balaban J connectivity index is 2.23. The summed E-state index contributed by atoms with van der Waals surface area (Å²) in [5.74, 6) is 0.202. The molecule has 0 unspecified atom stereocenters. The summed E-state index contributed by atoms with van der Waals surface area (Å²) in [6.07, 6.45) is 1.79. The lowest BCUT2D eigenvalue weighted by Crippen LogP contribution is -2.11. The second-order valence-electron chi connectivity index (χ2n) is 3.56. The molecule has 0 aliphatic heterocycles. The van der Waals surface area contributed by atoms with Crippen LogP contribution in [-0.2, 0) is 7.05 Å². The molecular weight excluding hydrogens is 239 g/mol. The number of hydrogen-bond acceptors (Lipinski definition) is 3. The van der Waals surface area contributed by atoms with E-state index in [9.17, 15) is 4.39 Å². The van der Waals surface area contributed by atoms with Gasteiger partial charge in [-0.3, -0.25) is 4.68 Å². The van der Waals surface area contributed by atoms with Gasteiger partial charge >= 0.3 is 0 Å². The lowest BCUT2D eigenvalue weighted by Gasteiger charge is -2.05. The van der Waals surface area contributed by atoms with Gasteiger partial charge in [0.2, 0.25) is 0 Å². The molecule has 0 fully saturated rings. The average molecular weight is 250 g/mol. The molecule has 0 spiro atoms. The number of rotatable bonds is 3. The zero-order valence-electron chi connectivity index (χ0n) is 9.14. The van der Waals surface area contributed by atoms with E-state index >= 15 is 0 Å². The van der Waals surface area contributed by atoms with E-state index in [2.05, 4.69) is 10.4 Å². The molecule has 0 amide bonds. The molecule has 0 atom stereocenters. The monoisotopic (exact) mass is 250 g/mol. The van der Waals surface area contributed by atoms with Gasteiger partial charge in [0, 0.05) is 30.6 Å². The van der Waals surface area contributed by atoms with Crippen LogP contribution in [-0.4, -0.2) is 14.8 Å². The zero-order valence-corrected chi connectivity index (χ0v) is 9.96. The van der Waals surface area contributed by atoms with E-state index in [1.54, 1.807) is 29.1 Å². The highest BCUT2D eigenvalue weighted by molar-refractivity contribution is 7.80. The van der Waals surface area contributed by atoms with Gasteiger partial charge in [-0.1, -0.05) is 12.2 Å². The fraction of sp³-hybridized carbons (Fsp3) is 0.0909. The molecule has 1 aromatic carbocycles. The summed E-state index contributed by atoms with van der Waals surface area (Å²) in [7, 11) is 1.81. The highest BCUT2D eigenvalue weighted by atomic mass is 32.1. The minimum atomic E-state index is -0.446. The number of thiocarbonyl (C=S) groups is 1. The standard InChI is InChI=1S/C11H11FN4S/c1-16-5-4-10(15-16)14-7-2-3-8(11(13)17)9(12)6-7/h2-6H,1H3,(H2,13,17)(H,14,15). The number of benzene rings is 1. The van der Waals surface area contributed by atoms with Crippen LogP contribution in [0.2, 0.25) is 0 Å². The number of aromatic nitrogens is 2.